The maximum Gasteiger partial charge on any atom is 0.317 e. The number of amides is 2. The molecule has 3 heterocycles. The van der Waals surface area contributed by atoms with Gasteiger partial charge in [0.25, 0.3) is 0 Å². The molecule has 7 nitrogen and oxygen atoms in total. The van der Waals surface area contributed by atoms with Crippen LogP contribution in [-0.2, 0) is 22.4 Å². The minimum absolute atomic E-state index is 0. The highest BCUT2D eigenvalue weighted by molar-refractivity contribution is 7.11. The van der Waals surface area contributed by atoms with Gasteiger partial charge in [0.2, 0.25) is 0 Å². The molecule has 4 rings (SSSR count). The zero-order valence-corrected chi connectivity index (χ0v) is 19.3. The smallest absolute Gasteiger partial charge is 0.317 e. The van der Waals surface area contributed by atoms with E-state index in [1.54, 1.807) is 0 Å². The topological polar surface area (TPSA) is 83.6 Å². The fourth-order valence-corrected chi connectivity index (χ4v) is 6.02. The van der Waals surface area contributed by atoms with Crippen LogP contribution in [0.5, 0.6) is 0 Å². The van der Waals surface area contributed by atoms with Crippen LogP contribution in [0, 0.1) is 5.92 Å². The number of thiazole rings is 1. The number of hydrogen-bond donors (Lipinski definition) is 2. The van der Waals surface area contributed by atoms with Gasteiger partial charge in [0.05, 0.1) is 23.7 Å². The number of methoxy groups -OCH3 is 1. The van der Waals surface area contributed by atoms with Crippen LogP contribution in [0.4, 0.5) is 4.79 Å². The van der Waals surface area contributed by atoms with Gasteiger partial charge in [0, 0.05) is 49.4 Å². The largest absolute Gasteiger partial charge is 0.469 e. The third kappa shape index (κ3) is 5.45. The zero-order valence-electron chi connectivity index (χ0n) is 17.7. The minimum Gasteiger partial charge on any atom is -0.469 e. The number of nitrogens with one attached hydrogen (secondary N) is 2. The Balaban J connectivity index is 0.00000256. The number of aromatic nitrogens is 1. The molecule has 1 saturated carbocycles. The lowest BCUT2D eigenvalue weighted by Gasteiger charge is -2.34. The van der Waals surface area contributed by atoms with E-state index in [9.17, 15) is 9.59 Å². The summed E-state index contributed by atoms with van der Waals surface area (Å²) < 4.78 is 4.84. The Morgan fingerprint density at radius 3 is 2.50 bits per heavy atom. The Kier molecular flexibility index (Phi) is 8.36. The number of carbonyl (C=O) groups is 2. The third-order valence-corrected chi connectivity index (χ3v) is 7.90. The molecule has 0 spiro atoms. The van der Waals surface area contributed by atoms with E-state index in [0.29, 0.717) is 5.92 Å². The number of piperidine rings is 1. The number of hydrogen-bond acceptors (Lipinski definition) is 6. The molecule has 2 amide bonds. The summed E-state index contributed by atoms with van der Waals surface area (Å²) in [6, 6.07) is 0.218. The Hall–Kier alpha value is -1.38. The number of rotatable bonds is 3. The first-order chi connectivity index (χ1) is 14.1. The maximum absolute atomic E-state index is 12.7. The van der Waals surface area contributed by atoms with Crippen LogP contribution in [0.25, 0.3) is 0 Å². The van der Waals surface area contributed by atoms with E-state index < -0.39 is 0 Å². The predicted octanol–water partition coefficient (Wildman–Crippen LogP) is 2.87. The monoisotopic (exact) mass is 456 g/mol. The Bertz CT molecular complexity index is 704. The first-order valence-electron chi connectivity index (χ1n) is 11.0. The van der Waals surface area contributed by atoms with Gasteiger partial charge in [-0.05, 0) is 44.9 Å². The summed E-state index contributed by atoms with van der Waals surface area (Å²) in [5, 5.41) is 7.89. The van der Waals surface area contributed by atoms with Gasteiger partial charge in [0.15, 0.2) is 0 Å². The SMILES string of the molecule is COC(=O)[C@H]1CC[C@H](NC(=O)N2CCC(c3nc4c(s3)CCNCC4)CC2)CC1.Cl. The molecule has 1 aromatic heterocycles. The second-order valence-electron chi connectivity index (χ2n) is 8.45. The quantitative estimate of drug-likeness (QED) is 0.683. The van der Waals surface area contributed by atoms with Gasteiger partial charge in [0.1, 0.15) is 0 Å². The Morgan fingerprint density at radius 1 is 1.10 bits per heavy atom. The summed E-state index contributed by atoms with van der Waals surface area (Å²) in [6.07, 6.45) is 7.40. The summed E-state index contributed by atoms with van der Waals surface area (Å²) >= 11 is 1.89. The fourth-order valence-electron chi connectivity index (χ4n) is 4.74. The van der Waals surface area contributed by atoms with Gasteiger partial charge in [-0.25, -0.2) is 9.78 Å². The summed E-state index contributed by atoms with van der Waals surface area (Å²) in [5.74, 6) is 0.361. The van der Waals surface area contributed by atoms with Crippen LogP contribution in [-0.4, -0.2) is 61.2 Å². The van der Waals surface area contributed by atoms with Crippen molar-refractivity contribution in [2.24, 2.45) is 5.92 Å². The molecular weight excluding hydrogens is 424 g/mol. The van der Waals surface area contributed by atoms with Crippen molar-refractivity contribution in [3.05, 3.63) is 15.6 Å². The van der Waals surface area contributed by atoms with Crippen LogP contribution in [0.15, 0.2) is 0 Å². The van der Waals surface area contributed by atoms with E-state index in [2.05, 4.69) is 10.6 Å². The molecule has 1 saturated heterocycles. The van der Waals surface area contributed by atoms with Crippen LogP contribution < -0.4 is 10.6 Å². The van der Waals surface area contributed by atoms with Gasteiger partial charge in [-0.2, -0.15) is 0 Å². The molecule has 168 valence electrons. The number of ether oxygens (including phenoxy) is 1. The Labute approximate surface area is 188 Å². The van der Waals surface area contributed by atoms with Crippen molar-refractivity contribution >= 4 is 35.7 Å². The molecule has 0 bridgehead atoms. The number of esters is 1. The first-order valence-corrected chi connectivity index (χ1v) is 11.8. The maximum atomic E-state index is 12.7. The highest BCUT2D eigenvalue weighted by Gasteiger charge is 2.31. The second-order valence-corrected chi connectivity index (χ2v) is 9.57. The van der Waals surface area contributed by atoms with Crippen molar-refractivity contribution in [1.82, 2.24) is 20.5 Å². The molecule has 0 aromatic carbocycles. The fraction of sp³-hybridized carbons (Fsp3) is 0.762. The van der Waals surface area contributed by atoms with E-state index in [-0.39, 0.29) is 36.4 Å². The predicted molar refractivity (Wildman–Crippen MR) is 119 cm³/mol. The molecule has 0 radical (unpaired) electrons. The number of halogens is 1. The standard InChI is InChI=1S/C21H32N4O3S.ClH/c1-28-20(26)15-2-4-16(5-3-15)23-21(27)25-12-8-14(9-13-25)19-24-17-6-10-22-11-7-18(17)29-19;/h14-16,22H,2-13H2,1H3,(H,23,27);1H/t15-,16-;. The van der Waals surface area contributed by atoms with E-state index >= 15 is 0 Å². The lowest BCUT2D eigenvalue weighted by Crippen LogP contribution is -2.48. The molecule has 1 aliphatic carbocycles. The Morgan fingerprint density at radius 2 is 1.80 bits per heavy atom. The summed E-state index contributed by atoms with van der Waals surface area (Å²) in [6.45, 7) is 3.66. The molecule has 0 unspecified atom stereocenters. The summed E-state index contributed by atoms with van der Waals surface area (Å²) in [5.41, 5.74) is 1.29. The van der Waals surface area contributed by atoms with Crippen molar-refractivity contribution < 1.29 is 14.3 Å². The minimum atomic E-state index is -0.118. The molecule has 0 atom stereocenters. The molecule has 30 heavy (non-hydrogen) atoms. The van der Waals surface area contributed by atoms with Crippen LogP contribution in [0.3, 0.4) is 0 Å². The number of likely N-dealkylation sites (tertiary alicyclic amines) is 1. The first kappa shape index (κ1) is 23.3. The van der Waals surface area contributed by atoms with Gasteiger partial charge >= 0.3 is 12.0 Å². The summed E-state index contributed by atoms with van der Waals surface area (Å²) in [4.78, 5) is 32.7. The zero-order chi connectivity index (χ0) is 20.2. The average molecular weight is 457 g/mol. The van der Waals surface area contributed by atoms with E-state index in [4.69, 9.17) is 9.72 Å². The van der Waals surface area contributed by atoms with Gasteiger partial charge in [-0.3, -0.25) is 4.79 Å². The third-order valence-electron chi connectivity index (χ3n) is 6.58. The lowest BCUT2D eigenvalue weighted by molar-refractivity contribution is -0.146. The highest BCUT2D eigenvalue weighted by atomic mass is 35.5. The van der Waals surface area contributed by atoms with Crippen molar-refractivity contribution in [3.8, 4) is 0 Å². The van der Waals surface area contributed by atoms with Crippen molar-refractivity contribution in [1.29, 1.82) is 0 Å². The molecule has 9 heteroatoms. The van der Waals surface area contributed by atoms with E-state index in [1.807, 2.05) is 16.2 Å². The van der Waals surface area contributed by atoms with Crippen LogP contribution in [0.2, 0.25) is 0 Å². The van der Waals surface area contributed by atoms with Crippen molar-refractivity contribution in [2.75, 3.05) is 33.3 Å². The number of carbonyl (C=O) groups excluding carboxylic acids is 2. The average Bonchev–Trinajstić information content (AvgIpc) is 3.04. The molecule has 2 aliphatic heterocycles. The molecule has 1 aromatic rings. The van der Waals surface area contributed by atoms with Gasteiger partial charge in [-0.15, -0.1) is 23.7 Å². The highest BCUT2D eigenvalue weighted by Crippen LogP contribution is 2.33. The van der Waals surface area contributed by atoms with E-state index in [1.165, 1.54) is 22.7 Å². The van der Waals surface area contributed by atoms with Crippen LogP contribution >= 0.6 is 23.7 Å². The van der Waals surface area contributed by atoms with Crippen molar-refractivity contribution in [2.45, 2.75) is 63.3 Å². The van der Waals surface area contributed by atoms with Crippen molar-refractivity contribution in [3.63, 3.8) is 0 Å². The normalized spacial score (nSPS) is 24.9. The molecule has 2 fully saturated rings. The second kappa shape index (κ2) is 10.8. The van der Waals surface area contributed by atoms with E-state index in [0.717, 1.165) is 77.5 Å². The molecule has 2 N–H and O–H groups in total. The molecular formula is C21H33ClN4O3S. The van der Waals surface area contributed by atoms with Crippen LogP contribution in [0.1, 0.15) is 60.0 Å². The summed E-state index contributed by atoms with van der Waals surface area (Å²) in [7, 11) is 1.44. The molecule has 3 aliphatic rings. The number of fused-ring (bicyclic) bond motifs is 1. The number of urea groups is 1. The lowest BCUT2D eigenvalue weighted by atomic mass is 9.86. The van der Waals surface area contributed by atoms with Gasteiger partial charge < -0.3 is 20.3 Å². The number of nitrogens with zero attached hydrogens (tertiary/aromatic N) is 2. The van der Waals surface area contributed by atoms with Gasteiger partial charge in [-0.1, -0.05) is 0 Å².